The molecule has 0 bridgehead atoms. The average molecular weight is 470 g/mol. The summed E-state index contributed by atoms with van der Waals surface area (Å²) < 4.78 is 0. The van der Waals surface area contributed by atoms with Gasteiger partial charge in [0.1, 0.15) is 5.82 Å². The van der Waals surface area contributed by atoms with Gasteiger partial charge in [-0.15, -0.1) is 0 Å². The topological polar surface area (TPSA) is 71.1 Å². The summed E-state index contributed by atoms with van der Waals surface area (Å²) in [5.74, 6) is -0.578. The van der Waals surface area contributed by atoms with Gasteiger partial charge in [0.25, 0.3) is 5.91 Å². The van der Waals surface area contributed by atoms with E-state index in [4.69, 9.17) is 23.2 Å². The fraction of sp³-hybridized carbons (Fsp3) is 0.320. The smallest absolute Gasteiger partial charge is 0.255 e. The SMILES string of the molecule is CC1=C(C(=O)Nc2cc(C)ccn2)C(c2c(Cl)cccc2Cl)C2=C(CC(C)(C)CC2=O)N1. The maximum absolute atomic E-state index is 13.5. The van der Waals surface area contributed by atoms with Crippen LogP contribution in [0.15, 0.2) is 59.1 Å². The predicted octanol–water partition coefficient (Wildman–Crippen LogP) is 5.94. The number of hydrogen-bond donors (Lipinski definition) is 2. The van der Waals surface area contributed by atoms with E-state index in [9.17, 15) is 9.59 Å². The molecule has 2 heterocycles. The van der Waals surface area contributed by atoms with Crippen molar-refractivity contribution in [2.75, 3.05) is 5.32 Å². The van der Waals surface area contributed by atoms with Crippen LogP contribution >= 0.6 is 23.2 Å². The van der Waals surface area contributed by atoms with Gasteiger partial charge in [0.2, 0.25) is 0 Å². The number of anilines is 1. The number of dihydropyridines is 1. The van der Waals surface area contributed by atoms with Crippen LogP contribution in [0.5, 0.6) is 0 Å². The minimum atomic E-state index is -0.666. The van der Waals surface area contributed by atoms with Gasteiger partial charge in [0, 0.05) is 56.7 Å². The molecule has 32 heavy (non-hydrogen) atoms. The third-order valence-corrected chi connectivity index (χ3v) is 6.59. The van der Waals surface area contributed by atoms with E-state index in [2.05, 4.69) is 29.5 Å². The van der Waals surface area contributed by atoms with E-state index in [1.807, 2.05) is 19.9 Å². The number of aromatic nitrogens is 1. The van der Waals surface area contributed by atoms with Gasteiger partial charge in [-0.3, -0.25) is 9.59 Å². The molecule has 0 radical (unpaired) electrons. The quantitative estimate of drug-likeness (QED) is 0.583. The summed E-state index contributed by atoms with van der Waals surface area (Å²) >= 11 is 13.2. The van der Waals surface area contributed by atoms with Gasteiger partial charge in [-0.1, -0.05) is 43.1 Å². The first-order valence-corrected chi connectivity index (χ1v) is 11.2. The van der Waals surface area contributed by atoms with Crippen LogP contribution < -0.4 is 10.6 Å². The number of aryl methyl sites for hydroxylation is 1. The number of benzene rings is 1. The van der Waals surface area contributed by atoms with Gasteiger partial charge in [0.15, 0.2) is 5.78 Å². The van der Waals surface area contributed by atoms with E-state index in [1.165, 1.54) is 0 Å². The summed E-state index contributed by atoms with van der Waals surface area (Å²) in [6.07, 6.45) is 2.72. The summed E-state index contributed by atoms with van der Waals surface area (Å²) in [5, 5.41) is 7.06. The van der Waals surface area contributed by atoms with Gasteiger partial charge in [-0.25, -0.2) is 4.98 Å². The lowest BCUT2D eigenvalue weighted by atomic mass is 9.68. The molecule has 1 aliphatic heterocycles. The summed E-state index contributed by atoms with van der Waals surface area (Å²) in [5.41, 5.74) is 3.84. The first-order valence-electron chi connectivity index (χ1n) is 10.5. The third-order valence-electron chi connectivity index (χ3n) is 5.93. The number of halogens is 2. The zero-order chi connectivity index (χ0) is 23.2. The molecule has 0 fully saturated rings. The molecule has 2 aliphatic rings. The molecule has 1 aromatic heterocycles. The van der Waals surface area contributed by atoms with Gasteiger partial charge < -0.3 is 10.6 Å². The van der Waals surface area contributed by atoms with Crippen molar-refractivity contribution in [2.45, 2.75) is 46.5 Å². The van der Waals surface area contributed by atoms with E-state index in [0.717, 1.165) is 11.3 Å². The Kier molecular flexibility index (Phi) is 5.91. The molecule has 1 unspecified atom stereocenters. The first kappa shape index (κ1) is 22.6. The molecule has 166 valence electrons. The van der Waals surface area contributed by atoms with Crippen molar-refractivity contribution in [3.05, 3.63) is 80.2 Å². The number of amides is 1. The zero-order valence-corrected chi connectivity index (χ0v) is 20.0. The van der Waals surface area contributed by atoms with Crippen molar-refractivity contribution in [3.8, 4) is 0 Å². The monoisotopic (exact) mass is 469 g/mol. The maximum atomic E-state index is 13.5. The highest BCUT2D eigenvalue weighted by Gasteiger charge is 2.43. The standard InChI is InChI=1S/C25H25Cl2N3O2/c1-13-8-9-28-19(10-13)30-24(32)20-14(2)29-17-11-25(3,4)12-18(31)22(17)23(20)21-15(26)6-5-7-16(21)27/h5-10,23,29H,11-12H2,1-4H3,(H,28,30,32). The Labute approximate surface area is 197 Å². The van der Waals surface area contributed by atoms with Crippen LogP contribution in [-0.2, 0) is 9.59 Å². The fourth-order valence-electron chi connectivity index (χ4n) is 4.60. The van der Waals surface area contributed by atoms with Crippen molar-refractivity contribution in [3.63, 3.8) is 0 Å². The molecule has 1 aromatic carbocycles. The zero-order valence-electron chi connectivity index (χ0n) is 18.5. The largest absolute Gasteiger partial charge is 0.362 e. The van der Waals surface area contributed by atoms with Gasteiger partial charge in [-0.2, -0.15) is 0 Å². The Morgan fingerprint density at radius 3 is 2.50 bits per heavy atom. The molecule has 1 aliphatic carbocycles. The van der Waals surface area contributed by atoms with Crippen LogP contribution in [0, 0.1) is 12.3 Å². The molecule has 4 rings (SSSR count). The number of nitrogens with one attached hydrogen (secondary N) is 2. The number of Topliss-reactive ketones (excluding diaryl/α,β-unsaturated/α-hetero) is 1. The van der Waals surface area contributed by atoms with Crippen LogP contribution in [0.25, 0.3) is 0 Å². The molecular weight excluding hydrogens is 445 g/mol. The molecule has 0 saturated heterocycles. The second-order valence-electron chi connectivity index (χ2n) is 9.24. The van der Waals surface area contributed by atoms with Crippen molar-refractivity contribution in [2.24, 2.45) is 5.41 Å². The molecule has 1 atom stereocenters. The van der Waals surface area contributed by atoms with Crippen molar-refractivity contribution < 1.29 is 9.59 Å². The van der Waals surface area contributed by atoms with Gasteiger partial charge >= 0.3 is 0 Å². The predicted molar refractivity (Wildman–Crippen MR) is 128 cm³/mol. The van der Waals surface area contributed by atoms with Crippen molar-refractivity contribution in [1.82, 2.24) is 10.3 Å². The lowest BCUT2D eigenvalue weighted by Gasteiger charge is -2.40. The Morgan fingerprint density at radius 2 is 1.84 bits per heavy atom. The Hall–Kier alpha value is -2.63. The van der Waals surface area contributed by atoms with E-state index in [-0.39, 0.29) is 17.1 Å². The van der Waals surface area contributed by atoms with Crippen LogP contribution in [0.1, 0.15) is 50.7 Å². The average Bonchev–Trinajstić information content (AvgIpc) is 2.66. The molecule has 0 spiro atoms. The van der Waals surface area contributed by atoms with E-state index in [0.29, 0.717) is 51.1 Å². The number of rotatable bonds is 3. The Bertz CT molecular complexity index is 1180. The first-order chi connectivity index (χ1) is 15.1. The maximum Gasteiger partial charge on any atom is 0.255 e. The highest BCUT2D eigenvalue weighted by atomic mass is 35.5. The molecule has 7 heteroatoms. The Balaban J connectivity index is 1.87. The molecule has 5 nitrogen and oxygen atoms in total. The van der Waals surface area contributed by atoms with E-state index < -0.39 is 5.92 Å². The number of allylic oxidation sites excluding steroid dienone is 3. The number of pyridine rings is 1. The van der Waals surface area contributed by atoms with Crippen LogP contribution in [0.2, 0.25) is 10.0 Å². The Morgan fingerprint density at radius 1 is 1.16 bits per heavy atom. The molecular formula is C25H25Cl2N3O2. The van der Waals surface area contributed by atoms with Crippen LogP contribution in [0.4, 0.5) is 5.82 Å². The molecule has 1 amide bonds. The minimum Gasteiger partial charge on any atom is -0.362 e. The third kappa shape index (κ3) is 4.19. The molecule has 2 N–H and O–H groups in total. The van der Waals surface area contributed by atoms with Crippen molar-refractivity contribution >= 4 is 40.7 Å². The summed E-state index contributed by atoms with van der Waals surface area (Å²) in [7, 11) is 0. The summed E-state index contributed by atoms with van der Waals surface area (Å²) in [6, 6.07) is 8.86. The number of hydrogen-bond acceptors (Lipinski definition) is 4. The minimum absolute atomic E-state index is 0.00350. The number of carbonyl (C=O) groups excluding carboxylic acids is 2. The lowest BCUT2D eigenvalue weighted by molar-refractivity contribution is -0.118. The van der Waals surface area contributed by atoms with Gasteiger partial charge in [-0.05, 0) is 55.5 Å². The highest BCUT2D eigenvalue weighted by molar-refractivity contribution is 6.36. The fourth-order valence-corrected chi connectivity index (χ4v) is 5.22. The second kappa shape index (κ2) is 8.38. The van der Waals surface area contributed by atoms with E-state index >= 15 is 0 Å². The number of carbonyl (C=O) groups is 2. The van der Waals surface area contributed by atoms with Crippen LogP contribution in [-0.4, -0.2) is 16.7 Å². The lowest BCUT2D eigenvalue weighted by Crippen LogP contribution is -2.39. The normalized spacial score (nSPS) is 20.1. The molecule has 2 aromatic rings. The summed E-state index contributed by atoms with van der Waals surface area (Å²) in [6.45, 7) is 7.90. The number of ketones is 1. The number of nitrogens with zero attached hydrogens (tertiary/aromatic N) is 1. The highest BCUT2D eigenvalue weighted by Crippen LogP contribution is 2.49. The summed E-state index contributed by atoms with van der Waals surface area (Å²) in [4.78, 5) is 31.2. The van der Waals surface area contributed by atoms with Gasteiger partial charge in [0.05, 0.1) is 0 Å². The second-order valence-corrected chi connectivity index (χ2v) is 10.1. The van der Waals surface area contributed by atoms with Crippen LogP contribution in [0.3, 0.4) is 0 Å². The van der Waals surface area contributed by atoms with E-state index in [1.54, 1.807) is 30.5 Å². The van der Waals surface area contributed by atoms with Crippen molar-refractivity contribution in [1.29, 1.82) is 0 Å². The molecule has 0 saturated carbocycles.